The van der Waals surface area contributed by atoms with Crippen molar-refractivity contribution in [2.24, 2.45) is 0 Å². The number of para-hydroxylation sites is 1. The van der Waals surface area contributed by atoms with Gasteiger partial charge in [0.25, 0.3) is 5.89 Å². The number of rotatable bonds is 4. The molecule has 20 heavy (non-hydrogen) atoms. The number of nitrogens with zero attached hydrogens (tertiary/aromatic N) is 2. The lowest BCUT2D eigenvalue weighted by atomic mass is 10.3. The SMILES string of the molecule is Oc1ccccc1SCc1nnc(-c2ccc(Br)o2)o1. The Morgan fingerprint density at radius 3 is 2.70 bits per heavy atom. The number of halogens is 1. The molecule has 0 spiro atoms. The molecule has 2 aromatic heterocycles. The van der Waals surface area contributed by atoms with Gasteiger partial charge in [0, 0.05) is 4.90 Å². The van der Waals surface area contributed by atoms with Crippen molar-refractivity contribution in [3.8, 4) is 17.4 Å². The molecule has 1 N–H and O–H groups in total. The van der Waals surface area contributed by atoms with Crippen molar-refractivity contribution in [3.05, 3.63) is 47.0 Å². The summed E-state index contributed by atoms with van der Waals surface area (Å²) in [5, 5.41) is 17.5. The van der Waals surface area contributed by atoms with Gasteiger partial charge in [-0.15, -0.1) is 22.0 Å². The molecular formula is C13H9BrN2O3S. The Hall–Kier alpha value is -1.73. The van der Waals surface area contributed by atoms with Gasteiger partial charge in [-0.05, 0) is 40.2 Å². The van der Waals surface area contributed by atoms with E-state index in [1.54, 1.807) is 24.3 Å². The predicted octanol–water partition coefficient (Wildman–Crippen LogP) is 4.09. The van der Waals surface area contributed by atoms with Gasteiger partial charge in [0.1, 0.15) is 5.75 Å². The summed E-state index contributed by atoms with van der Waals surface area (Å²) in [4.78, 5) is 0.771. The van der Waals surface area contributed by atoms with Crippen molar-refractivity contribution >= 4 is 27.7 Å². The molecule has 0 saturated heterocycles. The summed E-state index contributed by atoms with van der Waals surface area (Å²) in [5.41, 5.74) is 0. The maximum atomic E-state index is 9.67. The zero-order valence-electron chi connectivity index (χ0n) is 10.1. The van der Waals surface area contributed by atoms with E-state index in [-0.39, 0.29) is 5.75 Å². The van der Waals surface area contributed by atoms with Crippen molar-refractivity contribution < 1.29 is 13.9 Å². The Kier molecular flexibility index (Phi) is 3.79. The highest BCUT2D eigenvalue weighted by Crippen LogP contribution is 2.31. The first-order chi connectivity index (χ1) is 9.72. The first kappa shape index (κ1) is 13.3. The Morgan fingerprint density at radius 2 is 1.95 bits per heavy atom. The van der Waals surface area contributed by atoms with Crippen LogP contribution >= 0.6 is 27.7 Å². The number of furan rings is 1. The average Bonchev–Trinajstić information content (AvgIpc) is 3.06. The highest BCUT2D eigenvalue weighted by molar-refractivity contribution is 9.10. The van der Waals surface area contributed by atoms with Crippen LogP contribution in [-0.2, 0) is 5.75 Å². The molecular weight excluding hydrogens is 344 g/mol. The van der Waals surface area contributed by atoms with Crippen LogP contribution in [0.1, 0.15) is 5.89 Å². The summed E-state index contributed by atoms with van der Waals surface area (Å²) >= 11 is 4.64. The van der Waals surface area contributed by atoms with Crippen molar-refractivity contribution in [2.75, 3.05) is 0 Å². The topological polar surface area (TPSA) is 72.3 Å². The molecule has 1 aromatic carbocycles. The first-order valence-electron chi connectivity index (χ1n) is 5.71. The second kappa shape index (κ2) is 5.72. The van der Waals surface area contributed by atoms with Gasteiger partial charge >= 0.3 is 0 Å². The molecule has 0 aliphatic heterocycles. The molecule has 0 bridgehead atoms. The number of phenols is 1. The van der Waals surface area contributed by atoms with Gasteiger partial charge in [-0.25, -0.2) is 0 Å². The van der Waals surface area contributed by atoms with E-state index in [0.717, 1.165) is 4.90 Å². The summed E-state index contributed by atoms with van der Waals surface area (Å²) in [5.74, 6) is 2.05. The molecule has 0 aliphatic rings. The highest BCUT2D eigenvalue weighted by Gasteiger charge is 2.12. The molecule has 0 atom stereocenters. The largest absolute Gasteiger partial charge is 0.507 e. The maximum Gasteiger partial charge on any atom is 0.283 e. The molecule has 3 aromatic rings. The quantitative estimate of drug-likeness (QED) is 0.713. The minimum atomic E-state index is 0.243. The Labute approximate surface area is 127 Å². The fraction of sp³-hybridized carbons (Fsp3) is 0.0769. The molecule has 102 valence electrons. The van der Waals surface area contributed by atoms with E-state index >= 15 is 0 Å². The van der Waals surface area contributed by atoms with Crippen LogP contribution in [0.2, 0.25) is 0 Å². The zero-order chi connectivity index (χ0) is 13.9. The number of benzene rings is 1. The van der Waals surface area contributed by atoms with E-state index in [1.165, 1.54) is 11.8 Å². The maximum absolute atomic E-state index is 9.67. The molecule has 2 heterocycles. The zero-order valence-corrected chi connectivity index (χ0v) is 12.5. The average molecular weight is 353 g/mol. The number of aromatic nitrogens is 2. The van der Waals surface area contributed by atoms with Crippen LogP contribution in [0, 0.1) is 0 Å². The number of hydrogen-bond donors (Lipinski definition) is 1. The lowest BCUT2D eigenvalue weighted by Gasteiger charge is -2.00. The van der Waals surface area contributed by atoms with Gasteiger partial charge in [0.05, 0.1) is 5.75 Å². The van der Waals surface area contributed by atoms with Crippen molar-refractivity contribution in [1.29, 1.82) is 0 Å². The van der Waals surface area contributed by atoms with Crippen molar-refractivity contribution in [1.82, 2.24) is 10.2 Å². The molecule has 0 fully saturated rings. The van der Waals surface area contributed by atoms with Gasteiger partial charge in [-0.3, -0.25) is 0 Å². The fourth-order valence-corrected chi connectivity index (χ4v) is 2.65. The molecule has 5 nitrogen and oxygen atoms in total. The van der Waals surface area contributed by atoms with Crippen LogP contribution in [0.15, 0.2) is 54.8 Å². The van der Waals surface area contributed by atoms with E-state index in [1.807, 2.05) is 12.1 Å². The summed E-state index contributed by atoms with van der Waals surface area (Å²) in [7, 11) is 0. The summed E-state index contributed by atoms with van der Waals surface area (Å²) in [6.07, 6.45) is 0. The Balaban J connectivity index is 1.70. The lowest BCUT2D eigenvalue weighted by molar-refractivity contribution is 0.462. The van der Waals surface area contributed by atoms with E-state index in [4.69, 9.17) is 8.83 Å². The Bertz CT molecular complexity index is 726. The third-order valence-electron chi connectivity index (χ3n) is 2.47. The summed E-state index contributed by atoms with van der Waals surface area (Å²) in [6, 6.07) is 10.6. The summed E-state index contributed by atoms with van der Waals surface area (Å²) < 4.78 is 11.5. The molecule has 3 rings (SSSR count). The number of thioether (sulfide) groups is 1. The number of hydrogen-bond acceptors (Lipinski definition) is 6. The molecule has 0 aliphatic carbocycles. The third-order valence-corrected chi connectivity index (χ3v) is 3.94. The van der Waals surface area contributed by atoms with E-state index in [2.05, 4.69) is 26.1 Å². The molecule has 0 unspecified atom stereocenters. The van der Waals surface area contributed by atoms with Gasteiger partial charge in [-0.1, -0.05) is 12.1 Å². The second-order valence-corrected chi connectivity index (χ2v) is 5.66. The van der Waals surface area contributed by atoms with Crippen molar-refractivity contribution in [3.63, 3.8) is 0 Å². The summed E-state index contributed by atoms with van der Waals surface area (Å²) in [6.45, 7) is 0. The van der Waals surface area contributed by atoms with Crippen molar-refractivity contribution in [2.45, 2.75) is 10.6 Å². The third kappa shape index (κ3) is 2.88. The first-order valence-corrected chi connectivity index (χ1v) is 7.49. The van der Waals surface area contributed by atoms with Crippen LogP contribution in [-0.4, -0.2) is 15.3 Å². The number of aromatic hydroxyl groups is 1. The van der Waals surface area contributed by atoms with Gasteiger partial charge in [0.2, 0.25) is 5.89 Å². The minimum Gasteiger partial charge on any atom is -0.507 e. The molecule has 0 amide bonds. The van der Waals surface area contributed by atoms with Gasteiger partial charge < -0.3 is 13.9 Å². The molecule has 7 heteroatoms. The fourth-order valence-electron chi connectivity index (χ4n) is 1.56. The normalized spacial score (nSPS) is 10.8. The molecule has 0 radical (unpaired) electrons. The highest BCUT2D eigenvalue weighted by atomic mass is 79.9. The van der Waals surface area contributed by atoms with E-state index in [0.29, 0.717) is 28.0 Å². The molecule has 0 saturated carbocycles. The van der Waals surface area contributed by atoms with Gasteiger partial charge in [-0.2, -0.15) is 0 Å². The van der Waals surface area contributed by atoms with Crippen LogP contribution in [0.25, 0.3) is 11.7 Å². The van der Waals surface area contributed by atoms with E-state index in [9.17, 15) is 5.11 Å². The smallest absolute Gasteiger partial charge is 0.283 e. The monoisotopic (exact) mass is 352 g/mol. The minimum absolute atomic E-state index is 0.243. The predicted molar refractivity (Wildman–Crippen MR) is 77.4 cm³/mol. The van der Waals surface area contributed by atoms with Crippen LogP contribution < -0.4 is 0 Å². The Morgan fingerprint density at radius 1 is 1.10 bits per heavy atom. The van der Waals surface area contributed by atoms with Crippen LogP contribution in [0.3, 0.4) is 0 Å². The van der Waals surface area contributed by atoms with Gasteiger partial charge in [0.15, 0.2) is 10.4 Å². The van der Waals surface area contributed by atoms with Crippen LogP contribution in [0.5, 0.6) is 5.75 Å². The standard InChI is InChI=1S/C13H9BrN2O3S/c14-11-6-5-9(18-11)13-16-15-12(19-13)7-20-10-4-2-1-3-8(10)17/h1-6,17H,7H2. The lowest BCUT2D eigenvalue weighted by Crippen LogP contribution is -1.80. The second-order valence-electron chi connectivity index (χ2n) is 3.86. The van der Waals surface area contributed by atoms with E-state index < -0.39 is 0 Å². The van der Waals surface area contributed by atoms with Crippen LogP contribution in [0.4, 0.5) is 0 Å². The number of phenolic OH excluding ortho intramolecular Hbond substituents is 1.